The Morgan fingerprint density at radius 3 is 2.24 bits per heavy atom. The zero-order valence-electron chi connectivity index (χ0n) is 12.3. The maximum Gasteiger partial charge on any atom is 0.232 e. The van der Waals surface area contributed by atoms with Crippen LogP contribution in [0.25, 0.3) is 0 Å². The van der Waals surface area contributed by atoms with Gasteiger partial charge in [-0.25, -0.2) is 21.6 Å². The molecule has 8 heteroatoms. The topological polar surface area (TPSA) is 83.6 Å². The van der Waals surface area contributed by atoms with Gasteiger partial charge in [0.15, 0.2) is 0 Å². The molecular formula is C13H22N2O4S2. The van der Waals surface area contributed by atoms with Gasteiger partial charge in [0.05, 0.1) is 17.7 Å². The van der Waals surface area contributed by atoms with Crippen molar-refractivity contribution in [2.45, 2.75) is 19.8 Å². The van der Waals surface area contributed by atoms with Gasteiger partial charge in [-0.3, -0.25) is 4.31 Å². The molecule has 0 spiro atoms. The molecule has 0 saturated carbocycles. The molecule has 1 aromatic carbocycles. The highest BCUT2D eigenvalue weighted by Crippen LogP contribution is 2.15. The third kappa shape index (κ3) is 6.45. The van der Waals surface area contributed by atoms with Crippen molar-refractivity contribution < 1.29 is 16.8 Å². The highest BCUT2D eigenvalue weighted by molar-refractivity contribution is 7.92. The van der Waals surface area contributed by atoms with E-state index in [1.165, 1.54) is 4.31 Å². The number of para-hydroxylation sites is 1. The predicted octanol–water partition coefficient (Wildman–Crippen LogP) is 1.17. The zero-order chi connectivity index (χ0) is 15.9. The molecule has 0 amide bonds. The number of unbranched alkanes of at least 4 members (excludes halogenated alkanes) is 1. The van der Waals surface area contributed by atoms with Crippen LogP contribution in [0.5, 0.6) is 0 Å². The number of benzene rings is 1. The minimum Gasteiger partial charge on any atom is -0.269 e. The van der Waals surface area contributed by atoms with E-state index in [9.17, 15) is 16.8 Å². The van der Waals surface area contributed by atoms with E-state index in [4.69, 9.17) is 0 Å². The van der Waals surface area contributed by atoms with Gasteiger partial charge in [-0.1, -0.05) is 31.5 Å². The van der Waals surface area contributed by atoms with E-state index in [1.807, 2.05) is 6.92 Å². The number of hydrogen-bond donors (Lipinski definition) is 1. The summed E-state index contributed by atoms with van der Waals surface area (Å²) in [6.45, 7) is 2.03. The smallest absolute Gasteiger partial charge is 0.232 e. The number of rotatable bonds is 9. The average molecular weight is 334 g/mol. The molecule has 0 heterocycles. The summed E-state index contributed by atoms with van der Waals surface area (Å²) in [7, 11) is -6.79. The molecule has 0 aromatic heterocycles. The molecule has 1 rings (SSSR count). The van der Waals surface area contributed by atoms with Crippen molar-refractivity contribution >= 4 is 25.7 Å². The van der Waals surface area contributed by atoms with Crippen LogP contribution in [0.4, 0.5) is 5.69 Å². The first-order valence-electron chi connectivity index (χ1n) is 6.76. The van der Waals surface area contributed by atoms with Crippen molar-refractivity contribution in [3.05, 3.63) is 30.3 Å². The van der Waals surface area contributed by atoms with Gasteiger partial charge in [-0.15, -0.1) is 0 Å². The summed E-state index contributed by atoms with van der Waals surface area (Å²) >= 11 is 0. The fourth-order valence-corrected chi connectivity index (χ4v) is 3.93. The van der Waals surface area contributed by atoms with E-state index < -0.39 is 20.0 Å². The molecule has 0 unspecified atom stereocenters. The lowest BCUT2D eigenvalue weighted by Gasteiger charge is -2.22. The molecule has 0 aliphatic heterocycles. The van der Waals surface area contributed by atoms with Gasteiger partial charge in [-0.2, -0.15) is 0 Å². The molecular weight excluding hydrogens is 312 g/mol. The van der Waals surface area contributed by atoms with Crippen LogP contribution in [0.2, 0.25) is 0 Å². The Bertz CT molecular complexity index is 627. The molecule has 0 radical (unpaired) electrons. The van der Waals surface area contributed by atoms with Gasteiger partial charge in [0.1, 0.15) is 0 Å². The molecule has 6 nitrogen and oxygen atoms in total. The van der Waals surface area contributed by atoms with Crippen LogP contribution >= 0.6 is 0 Å². The van der Waals surface area contributed by atoms with Gasteiger partial charge in [0, 0.05) is 13.1 Å². The monoisotopic (exact) mass is 334 g/mol. The van der Waals surface area contributed by atoms with E-state index in [2.05, 4.69) is 4.72 Å². The Kier molecular flexibility index (Phi) is 6.63. The second-order valence-corrected chi connectivity index (χ2v) is 8.57. The lowest BCUT2D eigenvalue weighted by Crippen LogP contribution is -2.38. The van der Waals surface area contributed by atoms with Gasteiger partial charge in [0.25, 0.3) is 0 Å². The average Bonchev–Trinajstić information content (AvgIpc) is 2.41. The Balaban J connectivity index is 2.69. The van der Waals surface area contributed by atoms with Crippen LogP contribution in [0.1, 0.15) is 19.8 Å². The Morgan fingerprint density at radius 1 is 1.10 bits per heavy atom. The van der Waals surface area contributed by atoms with Crippen LogP contribution in [0, 0.1) is 0 Å². The summed E-state index contributed by atoms with van der Waals surface area (Å²) < 4.78 is 50.6. The molecule has 0 saturated heterocycles. The summed E-state index contributed by atoms with van der Waals surface area (Å²) in [6, 6.07) is 8.61. The Morgan fingerprint density at radius 2 is 1.71 bits per heavy atom. The van der Waals surface area contributed by atoms with Gasteiger partial charge in [-0.05, 0) is 18.6 Å². The first-order valence-corrected chi connectivity index (χ1v) is 10.3. The predicted molar refractivity (Wildman–Crippen MR) is 85.3 cm³/mol. The molecule has 1 aromatic rings. The van der Waals surface area contributed by atoms with Crippen molar-refractivity contribution in [2.75, 3.05) is 29.4 Å². The quantitative estimate of drug-likeness (QED) is 0.735. The Labute approximate surface area is 127 Å². The summed E-state index contributed by atoms with van der Waals surface area (Å²) in [5.74, 6) is 0.0632. The summed E-state index contributed by atoms with van der Waals surface area (Å²) in [4.78, 5) is 0. The minimum atomic E-state index is -3.45. The van der Waals surface area contributed by atoms with E-state index in [1.54, 1.807) is 30.3 Å². The fraction of sp³-hybridized carbons (Fsp3) is 0.538. The van der Waals surface area contributed by atoms with Crippen LogP contribution in [0.3, 0.4) is 0 Å². The second kappa shape index (κ2) is 7.77. The molecule has 0 bridgehead atoms. The number of anilines is 1. The van der Waals surface area contributed by atoms with E-state index in [-0.39, 0.29) is 18.8 Å². The van der Waals surface area contributed by atoms with Crippen molar-refractivity contribution in [2.24, 2.45) is 0 Å². The maximum atomic E-state index is 11.8. The lowest BCUT2D eigenvalue weighted by atomic mass is 10.3. The minimum absolute atomic E-state index is 0.0496. The van der Waals surface area contributed by atoms with Crippen molar-refractivity contribution in [1.82, 2.24) is 4.72 Å². The Hall–Kier alpha value is -1.12. The molecule has 1 N–H and O–H groups in total. The second-order valence-electron chi connectivity index (χ2n) is 4.74. The first kappa shape index (κ1) is 17.9. The summed E-state index contributed by atoms with van der Waals surface area (Å²) in [5, 5.41) is 0. The number of nitrogens with one attached hydrogen (secondary N) is 1. The van der Waals surface area contributed by atoms with E-state index in [0.717, 1.165) is 12.7 Å². The highest BCUT2D eigenvalue weighted by Gasteiger charge is 2.18. The molecule has 120 valence electrons. The van der Waals surface area contributed by atoms with Gasteiger partial charge < -0.3 is 0 Å². The van der Waals surface area contributed by atoms with Crippen molar-refractivity contribution in [3.8, 4) is 0 Å². The third-order valence-electron chi connectivity index (χ3n) is 2.85. The maximum absolute atomic E-state index is 11.8. The van der Waals surface area contributed by atoms with E-state index in [0.29, 0.717) is 12.1 Å². The normalized spacial score (nSPS) is 12.3. The van der Waals surface area contributed by atoms with E-state index >= 15 is 0 Å². The van der Waals surface area contributed by atoms with Gasteiger partial charge in [0.2, 0.25) is 20.0 Å². The molecule has 0 aliphatic rings. The number of sulfonamides is 2. The fourth-order valence-electron chi connectivity index (χ4n) is 1.79. The van der Waals surface area contributed by atoms with Crippen LogP contribution < -0.4 is 9.03 Å². The van der Waals surface area contributed by atoms with Crippen LogP contribution in [0.15, 0.2) is 30.3 Å². The zero-order valence-corrected chi connectivity index (χ0v) is 14.0. The van der Waals surface area contributed by atoms with Crippen molar-refractivity contribution in [1.29, 1.82) is 0 Å². The molecule has 0 aliphatic carbocycles. The van der Waals surface area contributed by atoms with Crippen molar-refractivity contribution in [3.63, 3.8) is 0 Å². The molecule has 21 heavy (non-hydrogen) atoms. The van der Waals surface area contributed by atoms with Gasteiger partial charge >= 0.3 is 0 Å². The first-order chi connectivity index (χ1) is 9.76. The molecule has 0 fully saturated rings. The standard InChI is InChI=1S/C13H22N2O4S2/c1-3-4-12-21(18,19)14-10-11-15(20(2,16)17)13-8-6-5-7-9-13/h5-9,14H,3-4,10-12H2,1-2H3. The molecule has 0 atom stereocenters. The summed E-state index contributed by atoms with van der Waals surface area (Å²) in [6.07, 6.45) is 2.48. The third-order valence-corrected chi connectivity index (χ3v) is 5.51. The highest BCUT2D eigenvalue weighted by atomic mass is 32.2. The number of nitrogens with zero attached hydrogens (tertiary/aromatic N) is 1. The lowest BCUT2D eigenvalue weighted by molar-refractivity contribution is 0.575. The SMILES string of the molecule is CCCCS(=O)(=O)NCCN(c1ccccc1)S(C)(=O)=O. The number of hydrogen-bond acceptors (Lipinski definition) is 4. The van der Waals surface area contributed by atoms with Crippen LogP contribution in [-0.4, -0.2) is 41.9 Å². The summed E-state index contributed by atoms with van der Waals surface area (Å²) in [5.41, 5.74) is 0.521. The largest absolute Gasteiger partial charge is 0.269 e. The van der Waals surface area contributed by atoms with Crippen LogP contribution in [-0.2, 0) is 20.0 Å².